The second kappa shape index (κ2) is 3.98. The molecule has 4 heteroatoms. The van der Waals surface area contributed by atoms with Crippen LogP contribution in [-0.4, -0.2) is 10.4 Å². The summed E-state index contributed by atoms with van der Waals surface area (Å²) in [6.45, 7) is 1.91. The summed E-state index contributed by atoms with van der Waals surface area (Å²) in [7, 11) is 0. The average molecular weight is 179 g/mol. The predicted octanol–water partition coefficient (Wildman–Crippen LogP) is 1.64. The van der Waals surface area contributed by atoms with Crippen LogP contribution in [-0.2, 0) is 0 Å². The Morgan fingerprint density at radius 1 is 1.75 bits per heavy atom. The third-order valence-corrected chi connectivity index (χ3v) is 1.38. The van der Waals surface area contributed by atoms with Crippen LogP contribution in [0.15, 0.2) is 18.3 Å². The molecule has 1 rings (SSSR count). The molecule has 1 atom stereocenters. The molecule has 62 valence electrons. The first-order valence-corrected chi connectivity index (χ1v) is 4.05. The first-order chi connectivity index (χ1) is 5.72. The monoisotopic (exact) mass is 179 g/mol. The largest absolute Gasteiger partial charge is 0.374 e. The number of hydrogen-bond acceptors (Lipinski definition) is 4. The summed E-state index contributed by atoms with van der Waals surface area (Å²) in [5.74, 6) is 0. The van der Waals surface area contributed by atoms with Gasteiger partial charge in [0.25, 0.3) is 0 Å². The molecule has 0 aliphatic heterocycles. The lowest BCUT2D eigenvalue weighted by atomic mass is 10.3. The van der Waals surface area contributed by atoms with E-state index in [9.17, 15) is 0 Å². The molecule has 0 aromatic carbocycles. The van der Waals surface area contributed by atoms with Crippen molar-refractivity contribution < 1.29 is 0 Å². The van der Waals surface area contributed by atoms with Gasteiger partial charge in [0, 0.05) is 11.9 Å². The van der Waals surface area contributed by atoms with Crippen molar-refractivity contribution in [1.82, 2.24) is 4.98 Å². The number of thiol groups is 1. The highest BCUT2D eigenvalue weighted by Crippen LogP contribution is 2.09. The van der Waals surface area contributed by atoms with E-state index in [4.69, 9.17) is 5.26 Å². The second-order valence-electron chi connectivity index (χ2n) is 2.36. The van der Waals surface area contributed by atoms with E-state index in [1.807, 2.05) is 13.0 Å². The summed E-state index contributed by atoms with van der Waals surface area (Å²) < 4.78 is 0. The lowest BCUT2D eigenvalue weighted by Gasteiger charge is -2.07. The zero-order chi connectivity index (χ0) is 8.97. The Morgan fingerprint density at radius 2 is 2.50 bits per heavy atom. The minimum absolute atomic E-state index is 0.0685. The Kier molecular flexibility index (Phi) is 2.94. The van der Waals surface area contributed by atoms with Gasteiger partial charge < -0.3 is 5.32 Å². The van der Waals surface area contributed by atoms with Gasteiger partial charge in [-0.2, -0.15) is 17.9 Å². The van der Waals surface area contributed by atoms with Crippen LogP contribution < -0.4 is 5.32 Å². The normalized spacial score (nSPS) is 11.8. The van der Waals surface area contributed by atoms with Gasteiger partial charge in [-0.1, -0.05) is 0 Å². The third-order valence-electron chi connectivity index (χ3n) is 1.25. The molecule has 0 spiro atoms. The van der Waals surface area contributed by atoms with Crippen LogP contribution >= 0.6 is 12.6 Å². The van der Waals surface area contributed by atoms with Crippen molar-refractivity contribution in [3.63, 3.8) is 0 Å². The number of nitriles is 1. The molecule has 1 heterocycles. The summed E-state index contributed by atoms with van der Waals surface area (Å²) in [6, 6.07) is 5.45. The molecular weight excluding hydrogens is 170 g/mol. The van der Waals surface area contributed by atoms with Gasteiger partial charge in [0.15, 0.2) is 0 Å². The number of pyridine rings is 1. The Bertz CT molecular complexity index is 303. The maximum absolute atomic E-state index is 8.54. The SMILES string of the molecule is CC(S)Nc1ccnc(C#N)c1. The van der Waals surface area contributed by atoms with Crippen molar-refractivity contribution in [3.8, 4) is 6.07 Å². The van der Waals surface area contributed by atoms with Crippen LogP contribution in [0.1, 0.15) is 12.6 Å². The van der Waals surface area contributed by atoms with Crippen LogP contribution in [0.3, 0.4) is 0 Å². The molecule has 0 saturated heterocycles. The fourth-order valence-electron chi connectivity index (χ4n) is 0.823. The lowest BCUT2D eigenvalue weighted by Crippen LogP contribution is -2.06. The van der Waals surface area contributed by atoms with Crippen molar-refractivity contribution in [3.05, 3.63) is 24.0 Å². The second-order valence-corrected chi connectivity index (χ2v) is 3.14. The van der Waals surface area contributed by atoms with E-state index >= 15 is 0 Å². The fraction of sp³-hybridized carbons (Fsp3) is 0.250. The molecule has 0 aliphatic rings. The molecule has 0 bridgehead atoms. The van der Waals surface area contributed by atoms with Crippen molar-refractivity contribution in [2.24, 2.45) is 0 Å². The number of nitrogens with one attached hydrogen (secondary N) is 1. The molecular formula is C8H9N3S. The first-order valence-electron chi connectivity index (χ1n) is 3.53. The Hall–Kier alpha value is -1.21. The fourth-order valence-corrected chi connectivity index (χ4v) is 0.972. The molecule has 0 saturated carbocycles. The molecule has 0 aliphatic carbocycles. The van der Waals surface area contributed by atoms with Gasteiger partial charge in [-0.25, -0.2) is 4.98 Å². The van der Waals surface area contributed by atoms with Crippen molar-refractivity contribution in [2.45, 2.75) is 12.3 Å². The van der Waals surface area contributed by atoms with E-state index in [1.165, 1.54) is 0 Å². The van der Waals surface area contributed by atoms with Gasteiger partial charge in [0.2, 0.25) is 0 Å². The van der Waals surface area contributed by atoms with Gasteiger partial charge in [-0.05, 0) is 19.1 Å². The Labute approximate surface area is 76.8 Å². The zero-order valence-electron chi connectivity index (χ0n) is 6.65. The number of anilines is 1. The first kappa shape index (κ1) is 8.88. The van der Waals surface area contributed by atoms with Gasteiger partial charge in [0.05, 0.1) is 5.37 Å². The molecule has 3 nitrogen and oxygen atoms in total. The summed E-state index contributed by atoms with van der Waals surface area (Å²) in [5.41, 5.74) is 1.28. The van der Waals surface area contributed by atoms with E-state index in [1.54, 1.807) is 18.3 Å². The topological polar surface area (TPSA) is 48.7 Å². The highest BCUT2D eigenvalue weighted by Gasteiger charge is 1.96. The van der Waals surface area contributed by atoms with Crippen molar-refractivity contribution in [2.75, 3.05) is 5.32 Å². The summed E-state index contributed by atoms with van der Waals surface area (Å²) >= 11 is 4.16. The van der Waals surface area contributed by atoms with Gasteiger partial charge >= 0.3 is 0 Å². The van der Waals surface area contributed by atoms with E-state index in [0.717, 1.165) is 5.69 Å². The Balaban J connectivity index is 2.81. The minimum atomic E-state index is 0.0685. The lowest BCUT2D eigenvalue weighted by molar-refractivity contribution is 1.13. The molecule has 1 aromatic heterocycles. The van der Waals surface area contributed by atoms with Crippen LogP contribution in [0.4, 0.5) is 5.69 Å². The van der Waals surface area contributed by atoms with E-state index in [2.05, 4.69) is 22.9 Å². The smallest absolute Gasteiger partial charge is 0.142 e. The summed E-state index contributed by atoms with van der Waals surface area (Å²) in [4.78, 5) is 3.84. The standard InChI is InChI=1S/C8H9N3S/c1-6(12)11-7-2-3-10-8(4-7)5-9/h2-4,6,12H,1H3,(H,10,11). The Morgan fingerprint density at radius 3 is 3.08 bits per heavy atom. The summed E-state index contributed by atoms with van der Waals surface area (Å²) in [5, 5.41) is 11.7. The van der Waals surface area contributed by atoms with Crippen molar-refractivity contribution >= 4 is 18.3 Å². The molecule has 1 unspecified atom stereocenters. The molecule has 0 amide bonds. The molecule has 12 heavy (non-hydrogen) atoms. The van der Waals surface area contributed by atoms with Gasteiger partial charge in [0.1, 0.15) is 11.8 Å². The number of aromatic nitrogens is 1. The van der Waals surface area contributed by atoms with Crippen LogP contribution in [0.2, 0.25) is 0 Å². The van der Waals surface area contributed by atoms with Crippen LogP contribution in [0.25, 0.3) is 0 Å². The maximum atomic E-state index is 8.54. The van der Waals surface area contributed by atoms with Crippen LogP contribution in [0.5, 0.6) is 0 Å². The third kappa shape index (κ3) is 2.44. The number of hydrogen-bond donors (Lipinski definition) is 2. The van der Waals surface area contributed by atoms with Crippen LogP contribution in [0, 0.1) is 11.3 Å². The summed E-state index contributed by atoms with van der Waals surface area (Å²) in [6.07, 6.45) is 1.59. The molecule has 1 N–H and O–H groups in total. The number of nitrogens with zero attached hydrogens (tertiary/aromatic N) is 2. The maximum Gasteiger partial charge on any atom is 0.142 e. The average Bonchev–Trinajstić information content (AvgIpc) is 2.03. The predicted molar refractivity (Wildman–Crippen MR) is 51.0 cm³/mol. The van der Waals surface area contributed by atoms with Crippen molar-refractivity contribution in [1.29, 1.82) is 5.26 Å². The molecule has 0 radical (unpaired) electrons. The van der Waals surface area contributed by atoms with Gasteiger partial charge in [-0.15, -0.1) is 0 Å². The zero-order valence-corrected chi connectivity index (χ0v) is 7.55. The minimum Gasteiger partial charge on any atom is -0.374 e. The van der Waals surface area contributed by atoms with E-state index < -0.39 is 0 Å². The number of rotatable bonds is 2. The highest BCUT2D eigenvalue weighted by molar-refractivity contribution is 7.81. The highest BCUT2D eigenvalue weighted by atomic mass is 32.1. The molecule has 1 aromatic rings. The quantitative estimate of drug-likeness (QED) is 0.536. The molecule has 0 fully saturated rings. The van der Waals surface area contributed by atoms with Gasteiger partial charge in [-0.3, -0.25) is 0 Å². The van der Waals surface area contributed by atoms with E-state index in [-0.39, 0.29) is 5.37 Å². The van der Waals surface area contributed by atoms with E-state index in [0.29, 0.717) is 5.69 Å².